The molecule has 0 aliphatic carbocycles. The Morgan fingerprint density at radius 3 is 3.12 bits per heavy atom. The molecule has 0 bridgehead atoms. The fourth-order valence-electron chi connectivity index (χ4n) is 1.01. The van der Waals surface area contributed by atoms with E-state index in [0.717, 1.165) is 16.4 Å². The Morgan fingerprint density at radius 1 is 1.62 bits per heavy atom. The van der Waals surface area contributed by atoms with Crippen molar-refractivity contribution in [3.63, 3.8) is 0 Å². The molecular weight excluding hydrogens is 244 g/mol. The van der Waals surface area contributed by atoms with Gasteiger partial charge in [0.15, 0.2) is 0 Å². The molecule has 5 nitrogen and oxygen atoms in total. The van der Waals surface area contributed by atoms with Crippen LogP contribution in [0, 0.1) is 6.92 Å². The van der Waals surface area contributed by atoms with Crippen LogP contribution in [0.2, 0.25) is 0 Å². The van der Waals surface area contributed by atoms with Crippen LogP contribution < -0.4 is 5.43 Å². The van der Waals surface area contributed by atoms with Crippen LogP contribution in [-0.2, 0) is 0 Å². The van der Waals surface area contributed by atoms with Crippen molar-refractivity contribution in [2.75, 3.05) is 0 Å². The molecule has 0 aliphatic heterocycles. The van der Waals surface area contributed by atoms with Crippen molar-refractivity contribution in [1.82, 2.24) is 15.0 Å². The van der Waals surface area contributed by atoms with Gasteiger partial charge in [0.25, 0.3) is 5.91 Å². The van der Waals surface area contributed by atoms with Crippen molar-refractivity contribution in [3.05, 3.63) is 33.0 Å². The Hall–Kier alpha value is -1.60. The van der Waals surface area contributed by atoms with Gasteiger partial charge in [-0.3, -0.25) is 4.79 Å². The molecule has 1 amide bonds. The number of nitrogens with one attached hydrogen (secondary N) is 1. The van der Waals surface area contributed by atoms with Gasteiger partial charge in [0, 0.05) is 4.88 Å². The van der Waals surface area contributed by atoms with E-state index in [1.807, 2.05) is 17.5 Å². The number of hydrazone groups is 1. The standard InChI is InChI=1S/C9H8N4OS2/c1-6-8(16-13-11-6)9(14)12-10-5-7-3-2-4-15-7/h2-5H,1H3,(H,12,14)/b10-5+. The molecule has 2 rings (SSSR count). The summed E-state index contributed by atoms with van der Waals surface area (Å²) in [5, 5.41) is 9.55. The van der Waals surface area contributed by atoms with Crippen LogP contribution in [0.5, 0.6) is 0 Å². The fraction of sp³-hybridized carbons (Fsp3) is 0.111. The topological polar surface area (TPSA) is 67.2 Å². The second-order valence-electron chi connectivity index (χ2n) is 2.90. The van der Waals surface area contributed by atoms with Crippen LogP contribution in [-0.4, -0.2) is 21.7 Å². The first-order valence-electron chi connectivity index (χ1n) is 4.43. The van der Waals surface area contributed by atoms with Gasteiger partial charge in [0.1, 0.15) is 4.88 Å². The number of carbonyl (C=O) groups excluding carboxylic acids is 1. The molecule has 0 aromatic carbocycles. The highest BCUT2D eigenvalue weighted by molar-refractivity contribution is 7.11. The van der Waals surface area contributed by atoms with E-state index < -0.39 is 0 Å². The molecule has 0 aliphatic rings. The van der Waals surface area contributed by atoms with E-state index in [1.54, 1.807) is 24.5 Å². The Morgan fingerprint density at radius 2 is 2.50 bits per heavy atom. The van der Waals surface area contributed by atoms with E-state index in [-0.39, 0.29) is 5.91 Å². The zero-order chi connectivity index (χ0) is 11.4. The molecule has 2 aromatic heterocycles. The first-order valence-corrected chi connectivity index (χ1v) is 6.08. The highest BCUT2D eigenvalue weighted by atomic mass is 32.1. The summed E-state index contributed by atoms with van der Waals surface area (Å²) >= 11 is 2.61. The van der Waals surface area contributed by atoms with E-state index in [9.17, 15) is 4.79 Å². The number of aromatic nitrogens is 2. The van der Waals surface area contributed by atoms with E-state index in [1.165, 1.54) is 0 Å². The lowest BCUT2D eigenvalue weighted by molar-refractivity contribution is 0.0958. The highest BCUT2D eigenvalue weighted by Gasteiger charge is 2.11. The third-order valence-electron chi connectivity index (χ3n) is 1.76. The van der Waals surface area contributed by atoms with Crippen LogP contribution in [0.1, 0.15) is 20.2 Å². The average molecular weight is 252 g/mol. The summed E-state index contributed by atoms with van der Waals surface area (Å²) in [5.41, 5.74) is 3.05. The maximum Gasteiger partial charge on any atom is 0.285 e. The van der Waals surface area contributed by atoms with Crippen LogP contribution in [0.25, 0.3) is 0 Å². The monoisotopic (exact) mass is 252 g/mol. The van der Waals surface area contributed by atoms with E-state index >= 15 is 0 Å². The molecule has 0 radical (unpaired) electrons. The van der Waals surface area contributed by atoms with Gasteiger partial charge in [-0.1, -0.05) is 10.6 Å². The minimum Gasteiger partial charge on any atom is -0.266 e. The predicted molar refractivity (Wildman–Crippen MR) is 64.0 cm³/mol. The minimum atomic E-state index is -0.277. The molecule has 7 heteroatoms. The van der Waals surface area contributed by atoms with Gasteiger partial charge in [-0.15, -0.1) is 16.4 Å². The zero-order valence-corrected chi connectivity index (χ0v) is 10.0. The number of rotatable bonds is 3. The molecule has 0 fully saturated rings. The zero-order valence-electron chi connectivity index (χ0n) is 8.38. The highest BCUT2D eigenvalue weighted by Crippen LogP contribution is 2.08. The number of nitrogens with zero attached hydrogens (tertiary/aromatic N) is 3. The largest absolute Gasteiger partial charge is 0.285 e. The molecular formula is C9H8N4OS2. The molecule has 82 valence electrons. The van der Waals surface area contributed by atoms with Crippen LogP contribution >= 0.6 is 22.9 Å². The van der Waals surface area contributed by atoms with Gasteiger partial charge in [-0.2, -0.15) is 5.10 Å². The molecule has 16 heavy (non-hydrogen) atoms. The second-order valence-corrected chi connectivity index (χ2v) is 4.64. The second kappa shape index (κ2) is 4.95. The van der Waals surface area contributed by atoms with Crippen molar-refractivity contribution in [2.24, 2.45) is 5.10 Å². The Labute approximate surface area is 100.0 Å². The summed E-state index contributed by atoms with van der Waals surface area (Å²) in [6.07, 6.45) is 1.60. The molecule has 0 unspecified atom stereocenters. The van der Waals surface area contributed by atoms with Gasteiger partial charge >= 0.3 is 0 Å². The van der Waals surface area contributed by atoms with Crippen molar-refractivity contribution in [1.29, 1.82) is 0 Å². The van der Waals surface area contributed by atoms with Gasteiger partial charge in [-0.25, -0.2) is 5.43 Å². The van der Waals surface area contributed by atoms with E-state index in [2.05, 4.69) is 20.1 Å². The van der Waals surface area contributed by atoms with Crippen molar-refractivity contribution < 1.29 is 4.79 Å². The Kier molecular flexibility index (Phi) is 3.37. The van der Waals surface area contributed by atoms with Crippen LogP contribution in [0.15, 0.2) is 22.6 Å². The lowest BCUT2D eigenvalue weighted by atomic mass is 10.4. The number of thiophene rings is 1. The summed E-state index contributed by atoms with van der Waals surface area (Å²) in [7, 11) is 0. The Bertz CT molecular complexity index is 503. The molecule has 2 heterocycles. The SMILES string of the molecule is Cc1nnsc1C(=O)N/N=C/c1cccs1. The number of hydrogen-bond donors (Lipinski definition) is 1. The molecule has 0 saturated heterocycles. The van der Waals surface area contributed by atoms with Crippen LogP contribution in [0.4, 0.5) is 0 Å². The van der Waals surface area contributed by atoms with Gasteiger partial charge in [0.2, 0.25) is 0 Å². The number of carbonyl (C=O) groups is 1. The Balaban J connectivity index is 1.97. The van der Waals surface area contributed by atoms with Crippen LogP contribution in [0.3, 0.4) is 0 Å². The molecule has 0 saturated carbocycles. The van der Waals surface area contributed by atoms with Crippen molar-refractivity contribution in [2.45, 2.75) is 6.92 Å². The quantitative estimate of drug-likeness (QED) is 0.667. The third kappa shape index (κ3) is 2.50. The van der Waals surface area contributed by atoms with Gasteiger partial charge in [0.05, 0.1) is 11.9 Å². The lowest BCUT2D eigenvalue weighted by Crippen LogP contribution is -2.17. The third-order valence-corrected chi connectivity index (χ3v) is 3.39. The maximum atomic E-state index is 11.6. The molecule has 1 N–H and O–H groups in total. The summed E-state index contributed by atoms with van der Waals surface area (Å²) in [6, 6.07) is 3.84. The first-order chi connectivity index (χ1) is 7.77. The maximum absolute atomic E-state index is 11.6. The summed E-state index contributed by atoms with van der Waals surface area (Å²) in [4.78, 5) is 13.0. The van der Waals surface area contributed by atoms with Crippen molar-refractivity contribution >= 4 is 35.0 Å². The lowest BCUT2D eigenvalue weighted by Gasteiger charge is -1.94. The summed E-state index contributed by atoms with van der Waals surface area (Å²) in [5.74, 6) is -0.277. The van der Waals surface area contributed by atoms with E-state index in [4.69, 9.17) is 0 Å². The summed E-state index contributed by atoms with van der Waals surface area (Å²) in [6.45, 7) is 1.74. The van der Waals surface area contributed by atoms with E-state index in [0.29, 0.717) is 10.6 Å². The van der Waals surface area contributed by atoms with Gasteiger partial charge < -0.3 is 0 Å². The molecule has 0 spiro atoms. The summed E-state index contributed by atoms with van der Waals surface area (Å²) < 4.78 is 3.68. The normalized spacial score (nSPS) is 10.8. The average Bonchev–Trinajstić information content (AvgIpc) is 2.88. The minimum absolute atomic E-state index is 0.277. The number of aryl methyl sites for hydroxylation is 1. The van der Waals surface area contributed by atoms with Crippen molar-refractivity contribution in [3.8, 4) is 0 Å². The number of hydrogen-bond acceptors (Lipinski definition) is 6. The number of amides is 1. The van der Waals surface area contributed by atoms with Gasteiger partial charge in [-0.05, 0) is 29.9 Å². The fourth-order valence-corrected chi connectivity index (χ4v) is 2.14. The predicted octanol–water partition coefficient (Wildman–Crippen LogP) is 1.67. The molecule has 2 aromatic rings. The molecule has 0 atom stereocenters. The first kappa shape index (κ1) is 10.9. The smallest absolute Gasteiger partial charge is 0.266 e.